The Bertz CT molecular complexity index is 835. The Hall–Kier alpha value is -2.96. The first-order valence-corrected chi connectivity index (χ1v) is 10.00. The van der Waals surface area contributed by atoms with Crippen LogP contribution in [0.3, 0.4) is 0 Å². The molecule has 0 atom stereocenters. The Morgan fingerprint density at radius 2 is 2.03 bits per heavy atom. The number of benzene rings is 2. The Labute approximate surface area is 171 Å². The second-order valence-electron chi connectivity index (χ2n) is 7.08. The van der Waals surface area contributed by atoms with Crippen molar-refractivity contribution in [3.8, 4) is 11.5 Å². The lowest BCUT2D eigenvalue weighted by molar-refractivity contribution is 0.411. The summed E-state index contributed by atoms with van der Waals surface area (Å²) < 4.78 is 18.7. The SMILES string of the molecule is CCNC(=NCc1cc(OC)ccc1O)NC1CCN(c2cccc(F)c2)CC1. The fourth-order valence-electron chi connectivity index (χ4n) is 3.45. The van der Waals surface area contributed by atoms with E-state index in [1.54, 1.807) is 37.4 Å². The van der Waals surface area contributed by atoms with Crippen LogP contribution in [0, 0.1) is 5.82 Å². The molecule has 0 aliphatic carbocycles. The summed E-state index contributed by atoms with van der Waals surface area (Å²) in [5.41, 5.74) is 1.64. The molecule has 2 aromatic rings. The van der Waals surface area contributed by atoms with Crippen molar-refractivity contribution >= 4 is 11.6 Å². The molecule has 0 spiro atoms. The Morgan fingerprint density at radius 1 is 1.24 bits per heavy atom. The molecule has 29 heavy (non-hydrogen) atoms. The van der Waals surface area contributed by atoms with Crippen LogP contribution in [0.4, 0.5) is 10.1 Å². The van der Waals surface area contributed by atoms with Crippen molar-refractivity contribution in [1.82, 2.24) is 10.6 Å². The smallest absolute Gasteiger partial charge is 0.191 e. The molecule has 1 saturated heterocycles. The number of piperidine rings is 1. The predicted molar refractivity (Wildman–Crippen MR) is 114 cm³/mol. The highest BCUT2D eigenvalue weighted by atomic mass is 19.1. The highest BCUT2D eigenvalue weighted by Gasteiger charge is 2.20. The van der Waals surface area contributed by atoms with E-state index in [1.165, 1.54) is 6.07 Å². The topological polar surface area (TPSA) is 69.1 Å². The molecule has 0 aromatic heterocycles. The summed E-state index contributed by atoms with van der Waals surface area (Å²) >= 11 is 0. The maximum atomic E-state index is 13.5. The third-order valence-electron chi connectivity index (χ3n) is 5.05. The van der Waals surface area contributed by atoms with Crippen LogP contribution in [-0.4, -0.2) is 43.9 Å². The molecule has 3 rings (SSSR count). The second kappa shape index (κ2) is 10.0. The van der Waals surface area contributed by atoms with Crippen LogP contribution in [0.2, 0.25) is 0 Å². The van der Waals surface area contributed by atoms with Gasteiger partial charge in [-0.05, 0) is 56.2 Å². The van der Waals surface area contributed by atoms with E-state index >= 15 is 0 Å². The molecule has 7 heteroatoms. The highest BCUT2D eigenvalue weighted by Crippen LogP contribution is 2.24. The summed E-state index contributed by atoms with van der Waals surface area (Å²) in [6.07, 6.45) is 1.87. The zero-order chi connectivity index (χ0) is 20.6. The molecule has 6 nitrogen and oxygen atoms in total. The maximum Gasteiger partial charge on any atom is 0.191 e. The standard InChI is InChI=1S/C22H29FN4O2/c1-3-24-22(25-15-16-13-20(29-2)7-8-21(16)28)26-18-9-11-27(12-10-18)19-6-4-5-17(23)14-19/h4-8,13-14,18,28H,3,9-12,15H2,1-2H3,(H2,24,25,26). The van der Waals surface area contributed by atoms with E-state index in [-0.39, 0.29) is 17.6 Å². The van der Waals surface area contributed by atoms with Crippen molar-refractivity contribution in [3.63, 3.8) is 0 Å². The molecule has 0 saturated carbocycles. The summed E-state index contributed by atoms with van der Waals surface area (Å²) in [6, 6.07) is 12.2. The molecule has 0 bridgehead atoms. The summed E-state index contributed by atoms with van der Waals surface area (Å²) in [5.74, 6) is 1.41. The van der Waals surface area contributed by atoms with Crippen molar-refractivity contribution < 1.29 is 14.2 Å². The summed E-state index contributed by atoms with van der Waals surface area (Å²) in [6.45, 7) is 4.83. The van der Waals surface area contributed by atoms with Crippen molar-refractivity contribution in [2.24, 2.45) is 4.99 Å². The lowest BCUT2D eigenvalue weighted by Gasteiger charge is -2.34. The van der Waals surface area contributed by atoms with Crippen molar-refractivity contribution in [2.75, 3.05) is 31.6 Å². The van der Waals surface area contributed by atoms with Crippen LogP contribution in [0.15, 0.2) is 47.5 Å². The minimum absolute atomic E-state index is 0.203. The van der Waals surface area contributed by atoms with E-state index in [4.69, 9.17) is 4.74 Å². The third-order valence-corrected chi connectivity index (χ3v) is 5.05. The lowest BCUT2D eigenvalue weighted by atomic mass is 10.0. The fraction of sp³-hybridized carbons (Fsp3) is 0.409. The minimum Gasteiger partial charge on any atom is -0.508 e. The molecule has 0 unspecified atom stereocenters. The molecule has 1 aliphatic heterocycles. The van der Waals surface area contributed by atoms with Gasteiger partial charge >= 0.3 is 0 Å². The summed E-state index contributed by atoms with van der Waals surface area (Å²) in [5, 5.41) is 16.8. The number of hydrogen-bond donors (Lipinski definition) is 3. The number of guanidine groups is 1. The van der Waals surface area contributed by atoms with E-state index in [1.807, 2.05) is 13.0 Å². The lowest BCUT2D eigenvalue weighted by Crippen LogP contribution is -2.48. The second-order valence-corrected chi connectivity index (χ2v) is 7.08. The first-order valence-electron chi connectivity index (χ1n) is 10.00. The number of methoxy groups -OCH3 is 1. The van der Waals surface area contributed by atoms with Crippen LogP contribution in [-0.2, 0) is 6.54 Å². The third kappa shape index (κ3) is 5.76. The van der Waals surface area contributed by atoms with Gasteiger partial charge in [0.25, 0.3) is 0 Å². The van der Waals surface area contributed by atoms with E-state index in [2.05, 4.69) is 20.5 Å². The molecule has 1 aliphatic rings. The van der Waals surface area contributed by atoms with Crippen molar-refractivity contribution in [2.45, 2.75) is 32.4 Å². The maximum absolute atomic E-state index is 13.5. The summed E-state index contributed by atoms with van der Waals surface area (Å²) in [4.78, 5) is 6.83. The number of phenolic OH excluding ortho intramolecular Hbond substituents is 1. The number of nitrogens with zero attached hydrogens (tertiary/aromatic N) is 2. The number of rotatable bonds is 6. The average Bonchev–Trinajstić information content (AvgIpc) is 2.73. The van der Waals surface area contributed by atoms with Gasteiger partial charge in [-0.25, -0.2) is 9.38 Å². The van der Waals surface area contributed by atoms with Gasteiger partial charge in [-0.2, -0.15) is 0 Å². The number of ether oxygens (including phenoxy) is 1. The van der Waals surface area contributed by atoms with E-state index < -0.39 is 0 Å². The Balaban J connectivity index is 1.59. The largest absolute Gasteiger partial charge is 0.508 e. The number of aliphatic imine (C=N–C) groups is 1. The quantitative estimate of drug-likeness (QED) is 0.513. The summed E-state index contributed by atoms with van der Waals surface area (Å²) in [7, 11) is 1.60. The van der Waals surface area contributed by atoms with Gasteiger partial charge in [-0.1, -0.05) is 6.07 Å². The zero-order valence-corrected chi connectivity index (χ0v) is 17.0. The van der Waals surface area contributed by atoms with Gasteiger partial charge in [0.1, 0.15) is 17.3 Å². The normalized spacial score (nSPS) is 15.3. The number of phenols is 1. The van der Waals surface area contributed by atoms with Crippen LogP contribution in [0.1, 0.15) is 25.3 Å². The van der Waals surface area contributed by atoms with E-state index in [9.17, 15) is 9.50 Å². The van der Waals surface area contributed by atoms with Crippen LogP contribution in [0.25, 0.3) is 0 Å². The first-order chi connectivity index (χ1) is 14.1. The molecular weight excluding hydrogens is 371 g/mol. The molecule has 0 amide bonds. The number of nitrogens with one attached hydrogen (secondary N) is 2. The molecule has 3 N–H and O–H groups in total. The van der Waals surface area contributed by atoms with Crippen LogP contribution in [0.5, 0.6) is 11.5 Å². The highest BCUT2D eigenvalue weighted by molar-refractivity contribution is 5.80. The van der Waals surface area contributed by atoms with Gasteiger partial charge in [-0.15, -0.1) is 0 Å². The number of anilines is 1. The fourth-order valence-corrected chi connectivity index (χ4v) is 3.45. The van der Waals surface area contributed by atoms with Gasteiger partial charge in [0.05, 0.1) is 13.7 Å². The van der Waals surface area contributed by atoms with Crippen LogP contribution < -0.4 is 20.3 Å². The molecule has 1 heterocycles. The molecule has 2 aromatic carbocycles. The molecule has 1 fully saturated rings. The Kier molecular flexibility index (Phi) is 7.16. The first kappa shape index (κ1) is 20.8. The number of aromatic hydroxyl groups is 1. The van der Waals surface area contributed by atoms with E-state index in [0.29, 0.717) is 17.9 Å². The number of hydrogen-bond acceptors (Lipinski definition) is 4. The van der Waals surface area contributed by atoms with Gasteiger partial charge in [-0.3, -0.25) is 0 Å². The van der Waals surface area contributed by atoms with E-state index in [0.717, 1.165) is 44.1 Å². The van der Waals surface area contributed by atoms with Crippen molar-refractivity contribution in [1.29, 1.82) is 0 Å². The van der Waals surface area contributed by atoms with Gasteiger partial charge in [0.15, 0.2) is 5.96 Å². The molecule has 156 valence electrons. The van der Waals surface area contributed by atoms with Crippen LogP contribution >= 0.6 is 0 Å². The minimum atomic E-state index is -0.204. The van der Waals surface area contributed by atoms with Gasteiger partial charge < -0.3 is 25.4 Å². The number of halogens is 1. The monoisotopic (exact) mass is 400 g/mol. The average molecular weight is 400 g/mol. The molecule has 0 radical (unpaired) electrons. The Morgan fingerprint density at radius 3 is 2.72 bits per heavy atom. The zero-order valence-electron chi connectivity index (χ0n) is 17.0. The van der Waals surface area contributed by atoms with Crippen molar-refractivity contribution in [3.05, 3.63) is 53.8 Å². The predicted octanol–water partition coefficient (Wildman–Crippen LogP) is 3.26. The van der Waals surface area contributed by atoms with Gasteiger partial charge in [0.2, 0.25) is 0 Å². The molecular formula is C22H29FN4O2. The van der Waals surface area contributed by atoms with Gasteiger partial charge in [0, 0.05) is 36.9 Å².